The SMILES string of the molecule is Cc1ccc(NC(=O)[C@@H](OC(=O)c2cccc(C)c2)[C@H](OC(=O)c2cccc(C)c2)C(=O)O)cc1. The third-order valence-electron chi connectivity index (χ3n) is 5.07. The van der Waals surface area contributed by atoms with Crippen LogP contribution in [-0.2, 0) is 19.1 Å². The van der Waals surface area contributed by atoms with E-state index in [-0.39, 0.29) is 11.1 Å². The smallest absolute Gasteiger partial charge is 0.349 e. The molecule has 3 aromatic rings. The van der Waals surface area contributed by atoms with Gasteiger partial charge in [-0.3, -0.25) is 4.79 Å². The lowest BCUT2D eigenvalue weighted by Gasteiger charge is -2.23. The third-order valence-corrected chi connectivity index (χ3v) is 5.07. The number of amides is 1. The highest BCUT2D eigenvalue weighted by Crippen LogP contribution is 2.17. The number of hydrogen-bond donors (Lipinski definition) is 2. The summed E-state index contributed by atoms with van der Waals surface area (Å²) in [7, 11) is 0. The van der Waals surface area contributed by atoms with Gasteiger partial charge in [0.15, 0.2) is 0 Å². The number of carbonyl (C=O) groups is 4. The van der Waals surface area contributed by atoms with Gasteiger partial charge in [0.2, 0.25) is 12.2 Å². The Hall–Kier alpha value is -4.46. The topological polar surface area (TPSA) is 119 Å². The van der Waals surface area contributed by atoms with Crippen LogP contribution in [0.4, 0.5) is 5.69 Å². The molecule has 0 aliphatic heterocycles. The first-order chi connectivity index (χ1) is 16.6. The fourth-order valence-corrected chi connectivity index (χ4v) is 3.26. The molecule has 3 rings (SSSR count). The summed E-state index contributed by atoms with van der Waals surface area (Å²) in [6.45, 7) is 5.39. The van der Waals surface area contributed by atoms with Gasteiger partial charge in [0, 0.05) is 5.69 Å². The van der Waals surface area contributed by atoms with E-state index < -0.39 is 36.0 Å². The molecular formula is C27H25NO7. The second-order valence-corrected chi connectivity index (χ2v) is 8.08. The Morgan fingerprint density at radius 1 is 0.686 bits per heavy atom. The molecule has 0 aromatic heterocycles. The van der Waals surface area contributed by atoms with Crippen molar-refractivity contribution in [2.45, 2.75) is 33.0 Å². The molecule has 0 fully saturated rings. The molecular weight excluding hydrogens is 450 g/mol. The molecule has 0 heterocycles. The minimum atomic E-state index is -2.10. The van der Waals surface area contributed by atoms with Gasteiger partial charge in [-0.1, -0.05) is 53.1 Å². The highest BCUT2D eigenvalue weighted by molar-refractivity contribution is 6.01. The van der Waals surface area contributed by atoms with Gasteiger partial charge in [-0.15, -0.1) is 0 Å². The molecule has 2 atom stereocenters. The molecule has 0 aliphatic carbocycles. The van der Waals surface area contributed by atoms with Gasteiger partial charge < -0.3 is 19.9 Å². The lowest BCUT2D eigenvalue weighted by atomic mass is 10.1. The first-order valence-electron chi connectivity index (χ1n) is 10.8. The zero-order valence-corrected chi connectivity index (χ0v) is 19.5. The summed E-state index contributed by atoms with van der Waals surface area (Å²) >= 11 is 0. The average molecular weight is 475 g/mol. The number of carbonyl (C=O) groups excluding carboxylic acids is 3. The second-order valence-electron chi connectivity index (χ2n) is 8.08. The van der Waals surface area contributed by atoms with Crippen LogP contribution >= 0.6 is 0 Å². The van der Waals surface area contributed by atoms with Crippen molar-refractivity contribution in [2.75, 3.05) is 5.32 Å². The van der Waals surface area contributed by atoms with E-state index in [1.807, 2.05) is 6.92 Å². The van der Waals surface area contributed by atoms with Gasteiger partial charge in [0.1, 0.15) is 0 Å². The van der Waals surface area contributed by atoms with Crippen molar-refractivity contribution < 1.29 is 33.8 Å². The number of rotatable bonds is 8. The van der Waals surface area contributed by atoms with Crippen LogP contribution in [0.15, 0.2) is 72.8 Å². The van der Waals surface area contributed by atoms with Crippen LogP contribution in [0.2, 0.25) is 0 Å². The number of aryl methyl sites for hydroxylation is 3. The Morgan fingerprint density at radius 2 is 1.17 bits per heavy atom. The zero-order chi connectivity index (χ0) is 25.5. The van der Waals surface area contributed by atoms with Gasteiger partial charge in [-0.2, -0.15) is 0 Å². The van der Waals surface area contributed by atoms with Gasteiger partial charge in [0.05, 0.1) is 11.1 Å². The summed E-state index contributed by atoms with van der Waals surface area (Å²) in [6.07, 6.45) is -4.06. The highest BCUT2D eigenvalue weighted by Gasteiger charge is 2.41. The maximum absolute atomic E-state index is 13.1. The average Bonchev–Trinajstić information content (AvgIpc) is 2.82. The van der Waals surface area contributed by atoms with E-state index in [1.54, 1.807) is 62.4 Å². The Labute approximate surface area is 202 Å². The van der Waals surface area contributed by atoms with Crippen LogP contribution in [0.5, 0.6) is 0 Å². The fourth-order valence-electron chi connectivity index (χ4n) is 3.26. The lowest BCUT2D eigenvalue weighted by Crippen LogP contribution is -2.48. The first-order valence-corrected chi connectivity index (χ1v) is 10.8. The van der Waals surface area contributed by atoms with Gasteiger partial charge in [-0.05, 0) is 57.2 Å². The molecule has 0 spiro atoms. The standard InChI is InChI=1S/C27H25NO7/c1-16-10-12-21(13-11-16)28-24(29)22(34-26(32)19-8-4-6-17(2)14-19)23(25(30)31)35-27(33)20-9-5-7-18(3)15-20/h4-15,22-23H,1-3H3,(H,28,29)(H,30,31)/t22-,23-/m0/s1. The summed E-state index contributed by atoms with van der Waals surface area (Å²) in [5.74, 6) is -4.51. The molecule has 0 saturated heterocycles. The van der Waals surface area contributed by atoms with Gasteiger partial charge >= 0.3 is 17.9 Å². The number of ether oxygens (including phenoxy) is 2. The van der Waals surface area contributed by atoms with E-state index in [0.29, 0.717) is 5.69 Å². The van der Waals surface area contributed by atoms with Crippen LogP contribution in [0.1, 0.15) is 37.4 Å². The zero-order valence-electron chi connectivity index (χ0n) is 19.5. The number of anilines is 1. The maximum atomic E-state index is 13.1. The van der Waals surface area contributed by atoms with Crippen molar-refractivity contribution in [1.82, 2.24) is 0 Å². The molecule has 0 radical (unpaired) electrons. The van der Waals surface area contributed by atoms with E-state index in [9.17, 15) is 24.3 Å². The molecule has 0 bridgehead atoms. The Morgan fingerprint density at radius 3 is 1.63 bits per heavy atom. The number of benzene rings is 3. The molecule has 1 amide bonds. The van der Waals surface area contributed by atoms with E-state index in [4.69, 9.17) is 9.47 Å². The number of carboxylic acids is 1. The lowest BCUT2D eigenvalue weighted by molar-refractivity contribution is -0.157. The molecule has 2 N–H and O–H groups in total. The van der Waals surface area contributed by atoms with Crippen molar-refractivity contribution in [1.29, 1.82) is 0 Å². The van der Waals surface area contributed by atoms with Crippen molar-refractivity contribution >= 4 is 29.5 Å². The monoisotopic (exact) mass is 475 g/mol. The molecule has 180 valence electrons. The van der Waals surface area contributed by atoms with Crippen LogP contribution in [-0.4, -0.2) is 41.1 Å². The largest absolute Gasteiger partial charge is 0.478 e. The molecule has 8 nitrogen and oxygen atoms in total. The normalized spacial score (nSPS) is 12.2. The number of aliphatic carboxylic acids is 1. The first kappa shape index (κ1) is 25.2. The van der Waals surface area contributed by atoms with Crippen LogP contribution in [0.25, 0.3) is 0 Å². The summed E-state index contributed by atoms with van der Waals surface area (Å²) < 4.78 is 10.5. The predicted octanol–water partition coefficient (Wildman–Crippen LogP) is 4.09. The summed E-state index contributed by atoms with van der Waals surface area (Å²) in [5.41, 5.74) is 3.03. The summed E-state index contributed by atoms with van der Waals surface area (Å²) in [5, 5.41) is 12.3. The van der Waals surface area contributed by atoms with Gasteiger partial charge in [0.25, 0.3) is 5.91 Å². The van der Waals surface area contributed by atoms with E-state index in [1.165, 1.54) is 24.3 Å². The summed E-state index contributed by atoms with van der Waals surface area (Å²) in [6, 6.07) is 19.4. The second kappa shape index (κ2) is 11.1. The summed E-state index contributed by atoms with van der Waals surface area (Å²) in [4.78, 5) is 50.7. The number of hydrogen-bond acceptors (Lipinski definition) is 6. The van der Waals surface area contributed by atoms with Crippen LogP contribution < -0.4 is 5.32 Å². The van der Waals surface area contributed by atoms with Crippen molar-refractivity contribution in [3.63, 3.8) is 0 Å². The Bertz CT molecular complexity index is 1250. The van der Waals surface area contributed by atoms with Crippen molar-refractivity contribution in [3.8, 4) is 0 Å². The minimum absolute atomic E-state index is 0.0963. The van der Waals surface area contributed by atoms with Crippen LogP contribution in [0, 0.1) is 20.8 Å². The van der Waals surface area contributed by atoms with Crippen molar-refractivity contribution in [2.24, 2.45) is 0 Å². The van der Waals surface area contributed by atoms with Crippen LogP contribution in [0.3, 0.4) is 0 Å². The Balaban J connectivity index is 1.91. The fraction of sp³-hybridized carbons (Fsp3) is 0.185. The van der Waals surface area contributed by atoms with E-state index >= 15 is 0 Å². The molecule has 0 unspecified atom stereocenters. The maximum Gasteiger partial charge on any atom is 0.349 e. The molecule has 35 heavy (non-hydrogen) atoms. The van der Waals surface area contributed by atoms with E-state index in [0.717, 1.165) is 16.7 Å². The number of carboxylic acid groups (broad SMARTS) is 1. The predicted molar refractivity (Wildman–Crippen MR) is 128 cm³/mol. The number of esters is 2. The molecule has 0 saturated carbocycles. The van der Waals surface area contributed by atoms with E-state index in [2.05, 4.69) is 5.32 Å². The Kier molecular flexibility index (Phi) is 7.99. The molecule has 0 aliphatic rings. The quantitative estimate of drug-likeness (QED) is 0.471. The number of nitrogens with one attached hydrogen (secondary N) is 1. The molecule has 8 heteroatoms. The van der Waals surface area contributed by atoms with Crippen molar-refractivity contribution in [3.05, 3.63) is 101 Å². The highest BCUT2D eigenvalue weighted by atomic mass is 16.6. The molecule has 3 aromatic carbocycles. The van der Waals surface area contributed by atoms with Gasteiger partial charge in [-0.25, -0.2) is 14.4 Å². The minimum Gasteiger partial charge on any atom is -0.478 e. The third kappa shape index (κ3) is 6.77.